The minimum Gasteiger partial charge on any atom is -0.494 e. The predicted molar refractivity (Wildman–Crippen MR) is 114 cm³/mol. The summed E-state index contributed by atoms with van der Waals surface area (Å²) in [6.07, 6.45) is 2.97. The lowest BCUT2D eigenvalue weighted by atomic mass is 10.3. The van der Waals surface area contributed by atoms with Crippen LogP contribution in [0.2, 0.25) is 0 Å². The third kappa shape index (κ3) is 7.11. The largest absolute Gasteiger partial charge is 0.494 e. The first-order chi connectivity index (χ1) is 14.8. The van der Waals surface area contributed by atoms with Gasteiger partial charge in [-0.3, -0.25) is 0 Å². The Balaban J connectivity index is 1.53. The molecule has 0 aromatic heterocycles. The molecule has 0 unspecified atom stereocenters. The van der Waals surface area contributed by atoms with Gasteiger partial charge in [0, 0.05) is 0 Å². The van der Waals surface area contributed by atoms with Gasteiger partial charge >= 0.3 is 0 Å². The topological polar surface area (TPSA) is 55.4 Å². The third-order valence-electron chi connectivity index (χ3n) is 4.55. The smallest absolute Gasteiger partial charge is 0.263 e. The molecule has 2 atom stereocenters. The van der Waals surface area contributed by atoms with Crippen LogP contribution in [-0.2, 0) is 9.47 Å². The lowest BCUT2D eigenvalue weighted by molar-refractivity contribution is -0.271. The van der Waals surface area contributed by atoms with Gasteiger partial charge in [-0.2, -0.15) is 0 Å². The monoisotopic (exact) mass is 416 g/mol. The van der Waals surface area contributed by atoms with Crippen LogP contribution in [0, 0.1) is 0 Å². The standard InChI is InChI=1S/C24H32O6/c1-3-5-15-25-19-7-11-21(12-8-19)29-23-24(28-18-17-27-23)30-22-13-9-20(10-14-22)26-16-6-4-2/h7-14,23-24H,3-6,15-18H2,1-2H3/t23-,24-/m1/s1. The van der Waals surface area contributed by atoms with Crippen molar-refractivity contribution in [2.45, 2.75) is 52.1 Å². The Morgan fingerprint density at radius 1 is 0.633 bits per heavy atom. The maximum absolute atomic E-state index is 5.96. The number of benzene rings is 2. The summed E-state index contributed by atoms with van der Waals surface area (Å²) in [7, 11) is 0. The van der Waals surface area contributed by atoms with Gasteiger partial charge < -0.3 is 28.4 Å². The first kappa shape index (κ1) is 22.2. The fourth-order valence-electron chi connectivity index (χ4n) is 2.83. The van der Waals surface area contributed by atoms with Gasteiger partial charge in [0.1, 0.15) is 23.0 Å². The van der Waals surface area contributed by atoms with Gasteiger partial charge in [-0.15, -0.1) is 0 Å². The van der Waals surface area contributed by atoms with Crippen molar-refractivity contribution < 1.29 is 28.4 Å². The average molecular weight is 417 g/mol. The van der Waals surface area contributed by atoms with E-state index in [4.69, 9.17) is 28.4 Å². The second-order valence-electron chi connectivity index (χ2n) is 7.06. The highest BCUT2D eigenvalue weighted by molar-refractivity contribution is 5.32. The van der Waals surface area contributed by atoms with Crippen molar-refractivity contribution in [3.63, 3.8) is 0 Å². The third-order valence-corrected chi connectivity index (χ3v) is 4.55. The Kier molecular flexibility index (Phi) is 9.12. The van der Waals surface area contributed by atoms with Crippen LogP contribution in [0.5, 0.6) is 23.0 Å². The molecule has 30 heavy (non-hydrogen) atoms. The zero-order valence-electron chi connectivity index (χ0n) is 17.9. The summed E-state index contributed by atoms with van der Waals surface area (Å²) in [6, 6.07) is 15.0. The zero-order chi connectivity index (χ0) is 21.0. The number of unbranched alkanes of at least 4 members (excludes halogenated alkanes) is 2. The Morgan fingerprint density at radius 3 is 1.37 bits per heavy atom. The Labute approximate surface area is 179 Å². The van der Waals surface area contributed by atoms with Crippen LogP contribution >= 0.6 is 0 Å². The van der Waals surface area contributed by atoms with Crippen LogP contribution in [0.1, 0.15) is 39.5 Å². The Morgan fingerprint density at radius 2 is 1.00 bits per heavy atom. The van der Waals surface area contributed by atoms with E-state index in [2.05, 4.69) is 13.8 Å². The van der Waals surface area contributed by atoms with E-state index < -0.39 is 12.6 Å². The molecule has 2 aromatic carbocycles. The van der Waals surface area contributed by atoms with Crippen LogP contribution in [0.4, 0.5) is 0 Å². The SMILES string of the molecule is CCCCOc1ccc(O[C@H]2OCCO[C@@H]2Oc2ccc(OCCCC)cc2)cc1. The molecule has 6 nitrogen and oxygen atoms in total. The van der Waals surface area contributed by atoms with Gasteiger partial charge in [0.25, 0.3) is 12.6 Å². The molecule has 1 saturated heterocycles. The molecule has 0 amide bonds. The predicted octanol–water partition coefficient (Wildman–Crippen LogP) is 5.20. The highest BCUT2D eigenvalue weighted by Crippen LogP contribution is 2.25. The highest BCUT2D eigenvalue weighted by atomic mass is 16.8. The number of rotatable bonds is 12. The minimum atomic E-state index is -0.661. The van der Waals surface area contributed by atoms with Crippen molar-refractivity contribution in [3.05, 3.63) is 48.5 Å². The summed E-state index contributed by atoms with van der Waals surface area (Å²) in [4.78, 5) is 0. The van der Waals surface area contributed by atoms with Crippen LogP contribution in [0.25, 0.3) is 0 Å². The molecule has 1 heterocycles. The minimum absolute atomic E-state index is 0.451. The summed E-state index contributed by atoms with van der Waals surface area (Å²) in [5.74, 6) is 2.99. The molecule has 0 aliphatic carbocycles. The molecule has 1 aliphatic heterocycles. The molecule has 0 N–H and O–H groups in total. The average Bonchev–Trinajstić information content (AvgIpc) is 2.78. The molecule has 1 aliphatic rings. The summed E-state index contributed by atoms with van der Waals surface area (Å²) in [6.45, 7) is 6.62. The normalized spacial score (nSPS) is 18.6. The maximum atomic E-state index is 5.96. The molecular formula is C24H32O6. The zero-order valence-corrected chi connectivity index (χ0v) is 17.9. The Bertz CT molecular complexity index is 652. The van der Waals surface area contributed by atoms with Crippen molar-refractivity contribution in [1.82, 2.24) is 0 Å². The molecule has 0 saturated carbocycles. The summed E-state index contributed by atoms with van der Waals surface area (Å²) in [5.41, 5.74) is 0. The second-order valence-corrected chi connectivity index (χ2v) is 7.06. The molecule has 164 valence electrons. The van der Waals surface area contributed by atoms with Crippen molar-refractivity contribution in [3.8, 4) is 23.0 Å². The summed E-state index contributed by atoms with van der Waals surface area (Å²) < 4.78 is 34.8. The highest BCUT2D eigenvalue weighted by Gasteiger charge is 2.31. The van der Waals surface area contributed by atoms with Crippen molar-refractivity contribution in [1.29, 1.82) is 0 Å². The van der Waals surface area contributed by atoms with E-state index in [0.717, 1.165) is 37.2 Å². The van der Waals surface area contributed by atoms with E-state index in [1.54, 1.807) is 0 Å². The molecule has 3 rings (SSSR count). The number of hydrogen-bond donors (Lipinski definition) is 0. The van der Waals surface area contributed by atoms with Gasteiger partial charge in [0.2, 0.25) is 0 Å². The molecule has 0 spiro atoms. The van der Waals surface area contributed by atoms with Crippen LogP contribution in [0.15, 0.2) is 48.5 Å². The Hall–Kier alpha value is -2.44. The van der Waals surface area contributed by atoms with Crippen molar-refractivity contribution >= 4 is 0 Å². The van der Waals surface area contributed by atoms with Gasteiger partial charge in [-0.05, 0) is 61.4 Å². The fourth-order valence-corrected chi connectivity index (χ4v) is 2.83. The molecule has 1 fully saturated rings. The second kappa shape index (κ2) is 12.3. The van der Waals surface area contributed by atoms with E-state index in [-0.39, 0.29) is 0 Å². The first-order valence-corrected chi connectivity index (χ1v) is 10.8. The van der Waals surface area contributed by atoms with Gasteiger partial charge in [-0.25, -0.2) is 0 Å². The molecule has 6 heteroatoms. The summed E-state index contributed by atoms with van der Waals surface area (Å²) >= 11 is 0. The van der Waals surface area contributed by atoms with Crippen molar-refractivity contribution in [2.75, 3.05) is 26.4 Å². The molecule has 0 radical (unpaired) electrons. The fraction of sp³-hybridized carbons (Fsp3) is 0.500. The number of ether oxygens (including phenoxy) is 6. The van der Waals surface area contributed by atoms with Gasteiger partial charge in [-0.1, -0.05) is 26.7 Å². The van der Waals surface area contributed by atoms with Crippen molar-refractivity contribution in [2.24, 2.45) is 0 Å². The molecular weight excluding hydrogens is 384 g/mol. The summed E-state index contributed by atoms with van der Waals surface area (Å²) in [5, 5.41) is 0. The quantitative estimate of drug-likeness (QED) is 0.443. The lowest BCUT2D eigenvalue weighted by Crippen LogP contribution is -2.45. The van der Waals surface area contributed by atoms with E-state index in [0.29, 0.717) is 37.9 Å². The lowest BCUT2D eigenvalue weighted by Gasteiger charge is -2.31. The van der Waals surface area contributed by atoms with E-state index in [1.807, 2.05) is 48.5 Å². The van der Waals surface area contributed by atoms with E-state index in [1.165, 1.54) is 0 Å². The van der Waals surface area contributed by atoms with E-state index in [9.17, 15) is 0 Å². The van der Waals surface area contributed by atoms with E-state index >= 15 is 0 Å². The maximum Gasteiger partial charge on any atom is 0.263 e. The molecule has 2 aromatic rings. The van der Waals surface area contributed by atoms with Gasteiger partial charge in [0.15, 0.2) is 0 Å². The molecule has 0 bridgehead atoms. The van der Waals surface area contributed by atoms with Crippen LogP contribution < -0.4 is 18.9 Å². The van der Waals surface area contributed by atoms with Crippen LogP contribution in [0.3, 0.4) is 0 Å². The van der Waals surface area contributed by atoms with Crippen LogP contribution in [-0.4, -0.2) is 39.0 Å². The van der Waals surface area contributed by atoms with Gasteiger partial charge in [0.05, 0.1) is 26.4 Å². The first-order valence-electron chi connectivity index (χ1n) is 10.8. The number of hydrogen-bond acceptors (Lipinski definition) is 6.